The molecule has 4 heterocycles. The Morgan fingerprint density at radius 1 is 0.388 bits per heavy atom. The molecule has 0 aromatic heterocycles. The highest BCUT2D eigenvalue weighted by atomic mass is 35.6. The molecule has 4 saturated heterocycles. The molecule has 40 nitrogen and oxygen atoms in total. The van der Waals surface area contributed by atoms with Crippen LogP contribution in [0.4, 0.5) is 0 Å². The van der Waals surface area contributed by atoms with Crippen LogP contribution >= 0.6 is 69.6 Å². The molecule has 103 heavy (non-hydrogen) atoms. The number of nitrogens with two attached hydrogens (primary N) is 2. The molecule has 4 rings (SSSR count). The van der Waals surface area contributed by atoms with Gasteiger partial charge in [-0.15, -0.1) is 0 Å². The van der Waals surface area contributed by atoms with E-state index in [2.05, 4.69) is 21.2 Å². The molecular formula is C57H88Cl6N4O36. The third-order valence-electron chi connectivity index (χ3n) is 11.8. The zero-order valence-electron chi connectivity index (χ0n) is 58.2. The van der Waals surface area contributed by atoms with Crippen LogP contribution in [0.15, 0.2) is 0 Å². The van der Waals surface area contributed by atoms with Crippen molar-refractivity contribution in [3.63, 3.8) is 0 Å². The number of carboxylic acids is 1. The number of nitriles is 1. The Kier molecular flexibility index (Phi) is 51.6. The first-order valence-electron chi connectivity index (χ1n) is 29.6. The van der Waals surface area contributed by atoms with E-state index in [9.17, 15) is 62.6 Å². The summed E-state index contributed by atoms with van der Waals surface area (Å²) in [7, 11) is 0. The van der Waals surface area contributed by atoms with Gasteiger partial charge in [-0.3, -0.25) is 79.4 Å². The number of hydrogen-bond acceptors (Lipinski definition) is 39. The van der Waals surface area contributed by atoms with E-state index in [1.54, 1.807) is 20.8 Å². The van der Waals surface area contributed by atoms with Gasteiger partial charge in [0.25, 0.3) is 13.6 Å². The van der Waals surface area contributed by atoms with Crippen molar-refractivity contribution < 1.29 is 174 Å². The molecule has 0 bridgehead atoms. The number of alkyl halides is 6. The van der Waals surface area contributed by atoms with Crippen molar-refractivity contribution in [2.45, 2.75) is 260 Å². The van der Waals surface area contributed by atoms with E-state index in [0.717, 1.165) is 48.5 Å². The first-order chi connectivity index (χ1) is 47.3. The summed E-state index contributed by atoms with van der Waals surface area (Å²) in [6.07, 6.45) is -22.9. The number of nitrogens with zero attached hydrogens (tertiary/aromatic N) is 1. The van der Waals surface area contributed by atoms with E-state index in [0.29, 0.717) is 19.3 Å². The minimum Gasteiger partial charge on any atom is -0.481 e. The maximum atomic E-state index is 11.6. The number of hydrogen-bond donors (Lipinski definition) is 10. The van der Waals surface area contributed by atoms with Crippen LogP contribution in [-0.2, 0) is 138 Å². The zero-order chi connectivity index (χ0) is 81.5. The molecule has 4 aliphatic heterocycles. The average Bonchev–Trinajstić information content (AvgIpc) is 0.801. The second kappa shape index (κ2) is 51.7. The van der Waals surface area contributed by atoms with Gasteiger partial charge in [-0.05, 0) is 19.3 Å². The quantitative estimate of drug-likeness (QED) is 0.0154. The van der Waals surface area contributed by atoms with Crippen molar-refractivity contribution in [3.8, 4) is 6.07 Å². The van der Waals surface area contributed by atoms with Crippen LogP contribution in [0.25, 0.3) is 0 Å². The maximum absolute atomic E-state index is 11.6. The van der Waals surface area contributed by atoms with Gasteiger partial charge < -0.3 is 112 Å². The van der Waals surface area contributed by atoms with Crippen molar-refractivity contribution >= 4 is 153 Å². The van der Waals surface area contributed by atoms with Crippen LogP contribution in [-0.4, -0.2) is 256 Å². The van der Waals surface area contributed by atoms with Gasteiger partial charge in [0.05, 0.1) is 6.61 Å². The molecule has 12 N–H and O–H groups in total. The number of carbonyl (C=O) groups excluding carboxylic acids is 12. The smallest absolute Gasteiger partial charge is 0.310 e. The molecule has 0 radical (unpaired) electrons. The molecule has 0 aliphatic carbocycles. The highest BCUT2D eigenvalue weighted by Gasteiger charge is 2.55. The largest absolute Gasteiger partial charge is 0.481 e. The van der Waals surface area contributed by atoms with E-state index in [-0.39, 0.29) is 0 Å². The van der Waals surface area contributed by atoms with Crippen LogP contribution in [0.1, 0.15) is 130 Å². The molecular weight excluding hydrogens is 1530 g/mol. The third-order valence-corrected chi connectivity index (χ3v) is 12.5. The van der Waals surface area contributed by atoms with Gasteiger partial charge in [0.2, 0.25) is 30.7 Å². The van der Waals surface area contributed by atoms with E-state index >= 15 is 0 Å². The number of aliphatic hydroxyl groups is 6. The van der Waals surface area contributed by atoms with Gasteiger partial charge in [-0.1, -0.05) is 90.4 Å². The SMILES string of the molecule is CC(=O)O.CC(=O)OC(C)=O.CCC1OC(O)C(OC(C)=O)C(OC(C)=O)C1OC(C)=O.CCC1OC(OC(=N)C(Cl)(Cl)Cl)C(OC(C)=O)C(OC(C)=O)C1OC(C)=O.CCC1OC(OC(C)=O)C(OC(C)=O)C(OC(C)=O)C1OC(C)=O.N#CC(Cl)(Cl)Cl.NN.OCC1OC(O)C(O)C(O)C1O. The molecule has 0 saturated carbocycles. The lowest BCUT2D eigenvalue weighted by atomic mass is 9.96. The number of esters is 12. The molecule has 594 valence electrons. The van der Waals surface area contributed by atoms with E-state index < -0.39 is 221 Å². The Hall–Kier alpha value is -6.47. The minimum absolute atomic E-state index is 0.309. The number of aliphatic hydroxyl groups excluding tert-OH is 6. The van der Waals surface area contributed by atoms with Crippen LogP contribution in [0.5, 0.6) is 0 Å². The summed E-state index contributed by atoms with van der Waals surface area (Å²) >= 11 is 31.5. The number of halogens is 6. The van der Waals surface area contributed by atoms with Gasteiger partial charge in [0.15, 0.2) is 55.3 Å². The maximum Gasteiger partial charge on any atom is 0.310 e. The van der Waals surface area contributed by atoms with Crippen molar-refractivity contribution in [3.05, 3.63) is 0 Å². The normalized spacial score (nSPS) is 27.9. The number of rotatable bonds is 15. The summed E-state index contributed by atoms with van der Waals surface area (Å²) in [4.78, 5) is 142. The van der Waals surface area contributed by atoms with Crippen LogP contribution in [0.2, 0.25) is 0 Å². The average molecular weight is 1620 g/mol. The van der Waals surface area contributed by atoms with Crippen LogP contribution in [0, 0.1) is 16.7 Å². The lowest BCUT2D eigenvalue weighted by Crippen LogP contribution is -2.62. The highest BCUT2D eigenvalue weighted by molar-refractivity contribution is 6.76. The number of carboxylic acid groups (broad SMARTS) is 1. The summed E-state index contributed by atoms with van der Waals surface area (Å²) in [5, 5.41) is 77.5. The highest BCUT2D eigenvalue weighted by Crippen LogP contribution is 2.36. The fourth-order valence-corrected chi connectivity index (χ4v) is 8.52. The Balaban J connectivity index is -0.000000595. The van der Waals surface area contributed by atoms with E-state index in [1.165, 1.54) is 47.6 Å². The Labute approximate surface area is 619 Å². The first kappa shape index (κ1) is 103. The second-order valence-electron chi connectivity index (χ2n) is 20.5. The van der Waals surface area contributed by atoms with E-state index in [4.69, 9.17) is 182 Å². The Morgan fingerprint density at radius 2 is 0.631 bits per heavy atom. The molecule has 4 aliphatic rings. The fraction of sp³-hybridized carbons (Fsp3) is 0.737. The number of ether oxygens (including phenoxy) is 16. The first-order valence-corrected chi connectivity index (χ1v) is 31.9. The molecule has 0 spiro atoms. The van der Waals surface area contributed by atoms with Gasteiger partial charge in [0.1, 0.15) is 48.8 Å². The fourth-order valence-electron chi connectivity index (χ4n) is 8.39. The molecule has 20 unspecified atom stereocenters. The predicted octanol–water partition coefficient (Wildman–Crippen LogP) is 0.333. The van der Waals surface area contributed by atoms with Gasteiger partial charge in [-0.25, -0.2) is 0 Å². The van der Waals surface area contributed by atoms with E-state index in [1.807, 2.05) is 0 Å². The van der Waals surface area contributed by atoms with Crippen LogP contribution in [0.3, 0.4) is 0 Å². The molecule has 20 atom stereocenters. The molecule has 0 aromatic rings. The Bertz CT molecular complexity index is 2770. The lowest BCUT2D eigenvalue weighted by molar-refractivity contribution is -0.296. The summed E-state index contributed by atoms with van der Waals surface area (Å²) in [6, 6.07) is 1.40. The second-order valence-corrected chi connectivity index (χ2v) is 25.1. The van der Waals surface area contributed by atoms with Crippen molar-refractivity contribution in [2.24, 2.45) is 11.7 Å². The van der Waals surface area contributed by atoms with Crippen molar-refractivity contribution in [1.82, 2.24) is 0 Å². The molecule has 46 heteroatoms. The standard InChI is InChI=1S/C15H20Cl3NO8.C15H22O9.C13H20O8.C6H12O6.C4H6O3.C2Cl3N.C2H4O2.H4N2/c1-5-9-10(23-6(2)20)11(24-7(3)21)12(25-8(4)22)13(26-9)27-14(19)15(16,17)18;1-6-11-12(20-7(2)16)13(21-8(3)17)14(22-9(4)18)15(24-11)23-10(5)19;1-5-9-10(18-6(2)14)11(19-7(3)15)12(13(17)21-9)20-8(4)16;7-1-2-3(8)4(9)5(10)6(11)12-2;1-3(5)7-4(2)6;3-2(4,5)1-6;1-2(3)4;1-2/h9-13,19H,5H2,1-4H3;11-15H,6H2,1-5H3;9-13,17H,5H2,1-4H3;2-11H,1H2;1-2H3;;1H3,(H,3,4);1-2H2. The molecule has 4 fully saturated rings. The number of nitrogens with one attached hydrogen (secondary N) is 1. The predicted molar refractivity (Wildman–Crippen MR) is 346 cm³/mol. The van der Waals surface area contributed by atoms with Gasteiger partial charge in [0, 0.05) is 90.0 Å². The van der Waals surface area contributed by atoms with Crippen molar-refractivity contribution in [2.75, 3.05) is 6.61 Å². The summed E-state index contributed by atoms with van der Waals surface area (Å²) < 4.78 is 77.7. The number of carbonyl (C=O) groups is 13. The van der Waals surface area contributed by atoms with Crippen molar-refractivity contribution in [1.29, 1.82) is 10.7 Å². The summed E-state index contributed by atoms with van der Waals surface area (Å²) in [5.74, 6) is -1.49. The molecule has 0 amide bonds. The zero-order valence-corrected chi connectivity index (χ0v) is 62.8. The molecule has 0 aromatic carbocycles. The van der Waals surface area contributed by atoms with Gasteiger partial charge >= 0.3 is 71.6 Å². The Morgan fingerprint density at radius 3 is 0.874 bits per heavy atom. The minimum atomic E-state index is -2.20. The summed E-state index contributed by atoms with van der Waals surface area (Å²) in [6.45, 7) is 19.7. The lowest BCUT2D eigenvalue weighted by Gasteiger charge is -2.44. The number of hydrazine groups is 1. The third kappa shape index (κ3) is 43.5. The number of aliphatic carboxylic acids is 1. The topological polar surface area (TPSA) is 611 Å². The summed E-state index contributed by atoms with van der Waals surface area (Å²) in [5.41, 5.74) is 0. The van der Waals surface area contributed by atoms with Gasteiger partial charge in [-0.2, -0.15) is 5.26 Å². The monoisotopic (exact) mass is 1610 g/mol. The van der Waals surface area contributed by atoms with Crippen LogP contribution < -0.4 is 11.7 Å².